The van der Waals surface area contributed by atoms with Crippen molar-refractivity contribution >= 4 is 34.9 Å². The van der Waals surface area contributed by atoms with Crippen LogP contribution in [-0.4, -0.2) is 35.1 Å². The standard InChI is InChI=1S/C33H22N2O7/c36-26(18-7-5-10-21(15-18)35(40)41)17-42-33(39)19-8-6-9-20(16-19)34-31(37)29-27-22-11-1-2-12-23(22)28(30(29)32(34)38)25-14-4-3-13-24(25)27/h1-16,27-30H,17H2. The molecule has 4 aliphatic rings. The highest BCUT2D eigenvalue weighted by Crippen LogP contribution is 2.61. The van der Waals surface area contributed by atoms with Crippen molar-refractivity contribution < 1.29 is 28.8 Å². The number of ether oxygens (including phenoxy) is 1. The molecule has 2 atom stereocenters. The molecule has 9 heteroatoms. The SMILES string of the molecule is O=C(COC(=O)c1cccc(N2C(=O)C3C4c5ccccc5C(c5ccccc54)C3C2=O)c1)c1cccc([N+](=O)[O-])c1. The Morgan fingerprint density at radius 2 is 1.24 bits per heavy atom. The van der Waals surface area contributed by atoms with Crippen LogP contribution in [0.5, 0.6) is 0 Å². The molecule has 9 nitrogen and oxygen atoms in total. The van der Waals surface area contributed by atoms with Crippen LogP contribution < -0.4 is 4.90 Å². The first kappa shape index (κ1) is 25.5. The topological polar surface area (TPSA) is 124 Å². The molecule has 0 spiro atoms. The number of rotatable bonds is 6. The molecule has 0 N–H and O–H groups in total. The molecule has 2 unspecified atom stereocenters. The van der Waals surface area contributed by atoms with Gasteiger partial charge in [0.05, 0.1) is 28.0 Å². The molecule has 206 valence electrons. The van der Waals surface area contributed by atoms with Crippen LogP contribution in [0.2, 0.25) is 0 Å². The predicted molar refractivity (Wildman–Crippen MR) is 150 cm³/mol. The van der Waals surface area contributed by atoms with E-state index in [9.17, 15) is 29.3 Å². The summed E-state index contributed by atoms with van der Waals surface area (Å²) in [5.74, 6) is -3.67. The summed E-state index contributed by atoms with van der Waals surface area (Å²) in [4.78, 5) is 64.9. The average molecular weight is 559 g/mol. The van der Waals surface area contributed by atoms with E-state index in [1.165, 1.54) is 35.2 Å². The summed E-state index contributed by atoms with van der Waals surface area (Å²) in [6.07, 6.45) is 0. The molecular weight excluding hydrogens is 536 g/mol. The molecule has 1 saturated heterocycles. The van der Waals surface area contributed by atoms with E-state index in [1.807, 2.05) is 48.5 Å². The fourth-order valence-corrected chi connectivity index (χ4v) is 6.79. The Balaban J connectivity index is 1.15. The third kappa shape index (κ3) is 3.77. The molecule has 8 rings (SSSR count). The largest absolute Gasteiger partial charge is 0.454 e. The lowest BCUT2D eigenvalue weighted by Gasteiger charge is -2.45. The number of amides is 2. The summed E-state index contributed by atoms with van der Waals surface area (Å²) >= 11 is 0. The number of ketones is 1. The Hall–Kier alpha value is -5.44. The molecule has 2 bridgehead atoms. The highest BCUT2D eigenvalue weighted by Gasteiger charge is 2.61. The molecule has 3 aliphatic carbocycles. The van der Waals surface area contributed by atoms with E-state index >= 15 is 0 Å². The number of nitrogens with zero attached hydrogens (tertiary/aromatic N) is 2. The molecule has 0 radical (unpaired) electrons. The highest BCUT2D eigenvalue weighted by molar-refractivity contribution is 6.23. The normalized spacial score (nSPS) is 21.4. The van der Waals surface area contributed by atoms with E-state index in [-0.39, 0.29) is 46.2 Å². The Kier molecular flexibility index (Phi) is 5.83. The quantitative estimate of drug-likeness (QED) is 0.107. The van der Waals surface area contributed by atoms with E-state index in [0.717, 1.165) is 28.3 Å². The van der Waals surface area contributed by atoms with Gasteiger partial charge in [0.2, 0.25) is 17.6 Å². The number of non-ortho nitro benzene ring substituents is 1. The van der Waals surface area contributed by atoms with E-state index in [2.05, 4.69) is 0 Å². The predicted octanol–water partition coefficient (Wildman–Crippen LogP) is 5.03. The molecule has 1 fully saturated rings. The summed E-state index contributed by atoms with van der Waals surface area (Å²) in [5.41, 5.74) is 4.37. The van der Waals surface area contributed by atoms with Crippen molar-refractivity contribution in [2.24, 2.45) is 11.8 Å². The Morgan fingerprint density at radius 1 is 0.714 bits per heavy atom. The van der Waals surface area contributed by atoms with Crippen LogP contribution in [-0.2, 0) is 14.3 Å². The zero-order chi connectivity index (χ0) is 29.1. The minimum absolute atomic E-state index is 0.0400. The second-order valence-electron chi connectivity index (χ2n) is 10.6. The molecule has 0 saturated carbocycles. The summed E-state index contributed by atoms with van der Waals surface area (Å²) in [7, 11) is 0. The van der Waals surface area contributed by atoms with Gasteiger partial charge in [-0.2, -0.15) is 0 Å². The first-order valence-electron chi connectivity index (χ1n) is 13.5. The third-order valence-corrected chi connectivity index (χ3v) is 8.50. The molecule has 42 heavy (non-hydrogen) atoms. The fourth-order valence-electron chi connectivity index (χ4n) is 6.79. The first-order valence-corrected chi connectivity index (χ1v) is 13.5. The number of Topliss-reactive ketones (excluding diaryl/α,β-unsaturated/α-hetero) is 1. The van der Waals surface area contributed by atoms with Gasteiger partial charge in [0.15, 0.2) is 6.61 Å². The van der Waals surface area contributed by atoms with Crippen molar-refractivity contribution in [1.82, 2.24) is 0 Å². The Morgan fingerprint density at radius 3 is 1.79 bits per heavy atom. The maximum atomic E-state index is 14.0. The number of benzene rings is 4. The number of anilines is 1. The smallest absolute Gasteiger partial charge is 0.338 e. The number of nitro benzene ring substituents is 1. The maximum Gasteiger partial charge on any atom is 0.338 e. The van der Waals surface area contributed by atoms with Crippen molar-refractivity contribution in [3.8, 4) is 0 Å². The van der Waals surface area contributed by atoms with E-state index in [0.29, 0.717) is 0 Å². The van der Waals surface area contributed by atoms with Gasteiger partial charge in [-0.05, 0) is 40.5 Å². The number of carbonyl (C=O) groups excluding carboxylic acids is 4. The lowest BCUT2D eigenvalue weighted by atomic mass is 9.55. The van der Waals surface area contributed by atoms with Gasteiger partial charge in [0, 0.05) is 29.5 Å². The molecule has 2 amide bonds. The van der Waals surface area contributed by atoms with Gasteiger partial charge < -0.3 is 4.74 Å². The Labute approximate surface area is 239 Å². The summed E-state index contributed by atoms with van der Waals surface area (Å²) in [5, 5.41) is 11.0. The minimum Gasteiger partial charge on any atom is -0.454 e. The second kappa shape index (κ2) is 9.59. The minimum atomic E-state index is -0.827. The summed E-state index contributed by atoms with van der Waals surface area (Å²) in [6.45, 7) is -0.629. The van der Waals surface area contributed by atoms with Crippen molar-refractivity contribution in [1.29, 1.82) is 0 Å². The van der Waals surface area contributed by atoms with Gasteiger partial charge in [-0.25, -0.2) is 9.69 Å². The maximum absolute atomic E-state index is 14.0. The lowest BCUT2D eigenvalue weighted by molar-refractivity contribution is -0.384. The zero-order valence-electron chi connectivity index (χ0n) is 22.0. The zero-order valence-corrected chi connectivity index (χ0v) is 22.0. The van der Waals surface area contributed by atoms with Crippen LogP contribution in [0.1, 0.15) is 54.8 Å². The molecule has 4 aromatic carbocycles. The summed E-state index contributed by atoms with van der Waals surface area (Å²) in [6, 6.07) is 27.1. The number of hydrogen-bond acceptors (Lipinski definition) is 7. The van der Waals surface area contributed by atoms with Crippen molar-refractivity contribution in [2.45, 2.75) is 11.8 Å². The fraction of sp³-hybridized carbons (Fsp3) is 0.152. The first-order chi connectivity index (χ1) is 20.3. The van der Waals surface area contributed by atoms with E-state index in [4.69, 9.17) is 4.74 Å². The van der Waals surface area contributed by atoms with Gasteiger partial charge in [0.1, 0.15) is 0 Å². The van der Waals surface area contributed by atoms with Crippen molar-refractivity contribution in [3.05, 3.63) is 141 Å². The number of esters is 1. The van der Waals surface area contributed by atoms with E-state index in [1.54, 1.807) is 12.1 Å². The van der Waals surface area contributed by atoms with Crippen molar-refractivity contribution in [3.63, 3.8) is 0 Å². The molecule has 1 aliphatic heterocycles. The van der Waals surface area contributed by atoms with Gasteiger partial charge >= 0.3 is 5.97 Å². The van der Waals surface area contributed by atoms with Crippen LogP contribution in [0.25, 0.3) is 0 Å². The Bertz CT molecular complexity index is 1730. The van der Waals surface area contributed by atoms with Crippen LogP contribution in [0.3, 0.4) is 0 Å². The number of hydrogen-bond donors (Lipinski definition) is 0. The van der Waals surface area contributed by atoms with Gasteiger partial charge in [-0.15, -0.1) is 0 Å². The van der Waals surface area contributed by atoms with Gasteiger partial charge in [0.25, 0.3) is 5.69 Å². The van der Waals surface area contributed by atoms with Crippen molar-refractivity contribution in [2.75, 3.05) is 11.5 Å². The number of carbonyl (C=O) groups is 4. The lowest BCUT2D eigenvalue weighted by Crippen LogP contribution is -2.41. The molecule has 0 aromatic heterocycles. The molecule has 4 aromatic rings. The van der Waals surface area contributed by atoms with Gasteiger partial charge in [-0.3, -0.25) is 24.5 Å². The number of imide groups is 1. The van der Waals surface area contributed by atoms with Crippen LogP contribution in [0, 0.1) is 22.0 Å². The van der Waals surface area contributed by atoms with E-state index < -0.39 is 35.1 Å². The van der Waals surface area contributed by atoms with Crippen LogP contribution >= 0.6 is 0 Å². The van der Waals surface area contributed by atoms with Crippen LogP contribution in [0.15, 0.2) is 97.1 Å². The molecular formula is C33H22N2O7. The van der Waals surface area contributed by atoms with Crippen LogP contribution in [0.4, 0.5) is 11.4 Å². The average Bonchev–Trinajstić information content (AvgIpc) is 3.29. The van der Waals surface area contributed by atoms with Gasteiger partial charge in [-0.1, -0.05) is 66.7 Å². The highest BCUT2D eigenvalue weighted by atomic mass is 16.6. The summed E-state index contributed by atoms with van der Waals surface area (Å²) < 4.78 is 5.19. The number of nitro groups is 1. The molecule has 1 heterocycles. The second-order valence-corrected chi connectivity index (χ2v) is 10.6. The third-order valence-electron chi connectivity index (χ3n) is 8.50. The monoisotopic (exact) mass is 558 g/mol.